The number of carbonyl (C=O) groups excluding carboxylic acids is 3. The van der Waals surface area contributed by atoms with Crippen molar-refractivity contribution in [2.75, 3.05) is 0 Å². The number of hydrazine groups is 1. The molecule has 146 valence electrons. The van der Waals surface area contributed by atoms with Gasteiger partial charge in [-0.2, -0.15) is 10.0 Å². The molecule has 2 fully saturated rings. The molecule has 8 heteroatoms. The van der Waals surface area contributed by atoms with Crippen molar-refractivity contribution in [1.82, 2.24) is 10.0 Å². The lowest BCUT2D eigenvalue weighted by Crippen LogP contribution is -2.48. The van der Waals surface area contributed by atoms with E-state index in [0.717, 1.165) is 32.9 Å². The SMILES string of the molecule is O=C1CCC(=O)N1N1C(=O)/C(=C/c2ccc(OCc3ccccc3)cc2)SC1=S. The van der Waals surface area contributed by atoms with E-state index in [0.29, 0.717) is 17.3 Å². The molecule has 4 rings (SSSR count). The van der Waals surface area contributed by atoms with E-state index < -0.39 is 17.7 Å². The van der Waals surface area contributed by atoms with Crippen LogP contribution in [0.4, 0.5) is 0 Å². The van der Waals surface area contributed by atoms with Crippen molar-refractivity contribution in [1.29, 1.82) is 0 Å². The number of benzene rings is 2. The average molecular weight is 425 g/mol. The normalized spacial score (nSPS) is 18.3. The summed E-state index contributed by atoms with van der Waals surface area (Å²) in [6.07, 6.45) is 1.88. The fourth-order valence-electron chi connectivity index (χ4n) is 2.97. The number of rotatable bonds is 5. The minimum absolute atomic E-state index is 0.0966. The monoisotopic (exact) mass is 424 g/mol. The summed E-state index contributed by atoms with van der Waals surface area (Å²) in [5.74, 6) is -0.570. The van der Waals surface area contributed by atoms with Crippen LogP contribution in [0, 0.1) is 0 Å². The lowest BCUT2D eigenvalue weighted by Gasteiger charge is -2.23. The largest absolute Gasteiger partial charge is 0.489 e. The van der Waals surface area contributed by atoms with Crippen molar-refractivity contribution in [2.24, 2.45) is 0 Å². The third-order valence-electron chi connectivity index (χ3n) is 4.42. The van der Waals surface area contributed by atoms with Crippen molar-refractivity contribution in [2.45, 2.75) is 19.4 Å². The molecule has 29 heavy (non-hydrogen) atoms. The second-order valence-corrected chi connectivity index (χ2v) is 8.11. The third-order valence-corrected chi connectivity index (χ3v) is 5.71. The zero-order valence-corrected chi connectivity index (χ0v) is 16.9. The van der Waals surface area contributed by atoms with Crippen LogP contribution in [-0.2, 0) is 21.0 Å². The number of thioether (sulfide) groups is 1. The Labute approximate surface area is 177 Å². The van der Waals surface area contributed by atoms with Gasteiger partial charge in [-0.1, -0.05) is 54.2 Å². The van der Waals surface area contributed by atoms with Crippen LogP contribution in [0.5, 0.6) is 5.75 Å². The molecule has 0 saturated carbocycles. The highest BCUT2D eigenvalue weighted by molar-refractivity contribution is 8.26. The van der Waals surface area contributed by atoms with Crippen molar-refractivity contribution in [3.8, 4) is 5.75 Å². The van der Waals surface area contributed by atoms with Crippen LogP contribution in [0.25, 0.3) is 6.08 Å². The van der Waals surface area contributed by atoms with Gasteiger partial charge < -0.3 is 4.74 Å². The average Bonchev–Trinajstić information content (AvgIpc) is 3.19. The first kappa shape index (κ1) is 19.4. The van der Waals surface area contributed by atoms with E-state index in [1.807, 2.05) is 54.6 Å². The van der Waals surface area contributed by atoms with E-state index in [4.69, 9.17) is 17.0 Å². The zero-order valence-electron chi connectivity index (χ0n) is 15.2. The Balaban J connectivity index is 1.45. The lowest BCUT2D eigenvalue weighted by atomic mass is 10.2. The van der Waals surface area contributed by atoms with Gasteiger partial charge in [-0.25, -0.2) is 0 Å². The van der Waals surface area contributed by atoms with Crippen LogP contribution < -0.4 is 4.74 Å². The molecule has 2 aliphatic rings. The number of hydrogen-bond acceptors (Lipinski definition) is 6. The Morgan fingerprint density at radius 2 is 1.59 bits per heavy atom. The fourth-order valence-corrected chi connectivity index (χ4v) is 4.21. The van der Waals surface area contributed by atoms with E-state index in [9.17, 15) is 14.4 Å². The number of nitrogens with zero attached hydrogens (tertiary/aromatic N) is 2. The number of amides is 3. The number of thiocarbonyl (C=S) groups is 1. The minimum Gasteiger partial charge on any atom is -0.489 e. The molecule has 2 aromatic rings. The smallest absolute Gasteiger partial charge is 0.285 e. The standard InChI is InChI=1S/C21H16N2O4S2/c24-18-10-11-19(25)22(18)23-20(26)17(29-21(23)28)12-14-6-8-16(9-7-14)27-13-15-4-2-1-3-5-15/h1-9,12H,10-11,13H2/b17-12-. The second-order valence-electron chi connectivity index (χ2n) is 6.44. The first-order valence-electron chi connectivity index (χ1n) is 8.93. The molecule has 0 N–H and O–H groups in total. The maximum absolute atomic E-state index is 12.7. The molecule has 2 aliphatic heterocycles. The molecule has 0 aromatic heterocycles. The Hall–Kier alpha value is -2.97. The van der Waals surface area contributed by atoms with E-state index in [1.54, 1.807) is 6.08 Å². The molecular weight excluding hydrogens is 408 g/mol. The lowest BCUT2D eigenvalue weighted by molar-refractivity contribution is -0.157. The van der Waals surface area contributed by atoms with E-state index in [2.05, 4.69) is 0 Å². The van der Waals surface area contributed by atoms with Crippen LogP contribution in [0.3, 0.4) is 0 Å². The van der Waals surface area contributed by atoms with Crippen LogP contribution in [0.1, 0.15) is 24.0 Å². The molecule has 0 unspecified atom stereocenters. The van der Waals surface area contributed by atoms with Gasteiger partial charge in [-0.05, 0) is 41.6 Å². The van der Waals surface area contributed by atoms with Crippen LogP contribution >= 0.6 is 24.0 Å². The van der Waals surface area contributed by atoms with Crippen molar-refractivity contribution >= 4 is 52.1 Å². The molecule has 0 radical (unpaired) electrons. The fraction of sp³-hybridized carbons (Fsp3) is 0.143. The summed E-state index contributed by atoms with van der Waals surface area (Å²) in [6.45, 7) is 0.469. The maximum atomic E-state index is 12.7. The molecule has 2 heterocycles. The summed E-state index contributed by atoms with van der Waals surface area (Å²) in [7, 11) is 0. The quantitative estimate of drug-likeness (QED) is 0.416. The third kappa shape index (κ3) is 4.08. The summed E-state index contributed by atoms with van der Waals surface area (Å²) in [5.41, 5.74) is 1.86. The van der Waals surface area contributed by atoms with E-state index in [1.165, 1.54) is 0 Å². The molecule has 0 aliphatic carbocycles. The molecule has 2 saturated heterocycles. The number of carbonyl (C=O) groups is 3. The number of ether oxygens (including phenoxy) is 1. The molecule has 0 bridgehead atoms. The van der Waals surface area contributed by atoms with Crippen LogP contribution in [0.2, 0.25) is 0 Å². The van der Waals surface area contributed by atoms with Gasteiger partial charge in [0.2, 0.25) is 11.8 Å². The second kappa shape index (κ2) is 8.18. The molecule has 2 aromatic carbocycles. The van der Waals surface area contributed by atoms with Crippen LogP contribution in [0.15, 0.2) is 59.5 Å². The summed E-state index contributed by atoms with van der Waals surface area (Å²) in [5, 5.41) is 1.86. The predicted octanol–water partition coefficient (Wildman–Crippen LogP) is 3.53. The summed E-state index contributed by atoms with van der Waals surface area (Å²) in [6, 6.07) is 17.2. The highest BCUT2D eigenvalue weighted by Crippen LogP contribution is 2.35. The van der Waals surface area contributed by atoms with Gasteiger partial charge in [0.1, 0.15) is 12.4 Å². The van der Waals surface area contributed by atoms with Gasteiger partial charge in [0.15, 0.2) is 4.32 Å². The van der Waals surface area contributed by atoms with Crippen molar-refractivity contribution in [3.63, 3.8) is 0 Å². The zero-order chi connectivity index (χ0) is 20.4. The predicted molar refractivity (Wildman–Crippen MR) is 113 cm³/mol. The van der Waals surface area contributed by atoms with Gasteiger partial charge in [0.25, 0.3) is 5.91 Å². The number of imide groups is 1. The molecule has 6 nitrogen and oxygen atoms in total. The van der Waals surface area contributed by atoms with Gasteiger partial charge in [0.05, 0.1) is 4.91 Å². The Bertz CT molecular complexity index is 1000. The Kier molecular flexibility index (Phi) is 5.46. The van der Waals surface area contributed by atoms with E-state index in [-0.39, 0.29) is 17.2 Å². The van der Waals surface area contributed by atoms with Crippen molar-refractivity contribution in [3.05, 3.63) is 70.6 Å². The van der Waals surface area contributed by atoms with E-state index >= 15 is 0 Å². The van der Waals surface area contributed by atoms with Gasteiger partial charge in [-0.3, -0.25) is 14.4 Å². The molecule has 0 spiro atoms. The molecule has 0 atom stereocenters. The minimum atomic E-state index is -0.465. The summed E-state index contributed by atoms with van der Waals surface area (Å²) < 4.78 is 5.93. The van der Waals surface area contributed by atoms with Crippen LogP contribution in [-0.4, -0.2) is 32.1 Å². The van der Waals surface area contributed by atoms with Gasteiger partial charge >= 0.3 is 0 Å². The number of hydrogen-bond donors (Lipinski definition) is 0. The first-order valence-corrected chi connectivity index (χ1v) is 10.2. The Morgan fingerprint density at radius 1 is 0.931 bits per heavy atom. The highest BCUT2D eigenvalue weighted by Gasteiger charge is 2.44. The topological polar surface area (TPSA) is 66.9 Å². The Morgan fingerprint density at radius 3 is 2.24 bits per heavy atom. The summed E-state index contributed by atoms with van der Waals surface area (Å²) in [4.78, 5) is 36.9. The van der Waals surface area contributed by atoms with Crippen molar-refractivity contribution < 1.29 is 19.1 Å². The first-order chi connectivity index (χ1) is 14.0. The van der Waals surface area contributed by atoms with Gasteiger partial charge in [-0.15, -0.1) is 0 Å². The molecule has 3 amide bonds. The molecular formula is C21H16N2O4S2. The summed E-state index contributed by atoms with van der Waals surface area (Å²) >= 11 is 6.29. The highest BCUT2D eigenvalue weighted by atomic mass is 32.2. The maximum Gasteiger partial charge on any atom is 0.285 e. The van der Waals surface area contributed by atoms with Gasteiger partial charge in [0, 0.05) is 12.8 Å².